The number of amides is 2. The summed E-state index contributed by atoms with van der Waals surface area (Å²) in [7, 11) is -3.46. The number of halogens is 1. The van der Waals surface area contributed by atoms with E-state index in [1.807, 2.05) is 0 Å². The number of aryl methyl sites for hydroxylation is 1. The monoisotopic (exact) mass is 448 g/mol. The zero-order chi connectivity index (χ0) is 22.6. The van der Waals surface area contributed by atoms with Crippen molar-refractivity contribution in [3.63, 3.8) is 0 Å². The van der Waals surface area contributed by atoms with Crippen LogP contribution in [0.5, 0.6) is 0 Å². The second-order valence-electron chi connectivity index (χ2n) is 7.52. The summed E-state index contributed by atoms with van der Waals surface area (Å²) in [6, 6.07) is 9.02. The van der Waals surface area contributed by atoms with Gasteiger partial charge >= 0.3 is 0 Å². The smallest absolute Gasteiger partial charge is 0.253 e. The number of nitrogens with one attached hydrogen (secondary N) is 2. The van der Waals surface area contributed by atoms with Crippen LogP contribution in [0.4, 0.5) is 4.39 Å². The van der Waals surface area contributed by atoms with Crippen LogP contribution < -0.4 is 10.0 Å². The van der Waals surface area contributed by atoms with E-state index in [1.165, 1.54) is 12.1 Å². The normalized spacial score (nSPS) is 16.4. The topological polar surface area (TPSA) is 108 Å². The Labute approximate surface area is 180 Å². The molecule has 2 N–H and O–H groups in total. The molecule has 2 aromatic rings. The van der Waals surface area contributed by atoms with Gasteiger partial charge in [0.25, 0.3) is 5.91 Å². The SMILES string of the molecule is Cc1nc([C@@H]2CCCN2C(=O)CNS(C)(=O)=O)ccc1C(=O)NCc1ccc(F)cc1. The van der Waals surface area contributed by atoms with E-state index in [-0.39, 0.29) is 36.8 Å². The van der Waals surface area contributed by atoms with Crippen LogP contribution in [0.15, 0.2) is 36.4 Å². The molecule has 0 saturated carbocycles. The molecular formula is C21H25FN4O4S. The van der Waals surface area contributed by atoms with Crippen molar-refractivity contribution in [2.75, 3.05) is 19.3 Å². The molecule has 166 valence electrons. The number of aromatic nitrogens is 1. The summed E-state index contributed by atoms with van der Waals surface area (Å²) in [5.41, 5.74) is 2.39. The molecule has 0 unspecified atom stereocenters. The van der Waals surface area contributed by atoms with Gasteiger partial charge in [-0.15, -0.1) is 0 Å². The Morgan fingerprint density at radius 3 is 2.55 bits per heavy atom. The molecule has 1 aromatic heterocycles. The minimum atomic E-state index is -3.46. The summed E-state index contributed by atoms with van der Waals surface area (Å²) in [6.07, 6.45) is 2.51. The Balaban J connectivity index is 1.66. The highest BCUT2D eigenvalue weighted by molar-refractivity contribution is 7.88. The average molecular weight is 449 g/mol. The lowest BCUT2D eigenvalue weighted by molar-refractivity contribution is -0.130. The van der Waals surface area contributed by atoms with Gasteiger partial charge in [-0.3, -0.25) is 14.6 Å². The fraction of sp³-hybridized carbons (Fsp3) is 0.381. The van der Waals surface area contributed by atoms with Crippen LogP contribution in [-0.2, 0) is 21.4 Å². The van der Waals surface area contributed by atoms with Crippen molar-refractivity contribution < 1.29 is 22.4 Å². The molecule has 0 spiro atoms. The predicted molar refractivity (Wildman–Crippen MR) is 113 cm³/mol. The lowest BCUT2D eigenvalue weighted by atomic mass is 10.1. The zero-order valence-electron chi connectivity index (χ0n) is 17.4. The summed E-state index contributed by atoms with van der Waals surface area (Å²) in [5.74, 6) is -0.941. The van der Waals surface area contributed by atoms with Gasteiger partial charge < -0.3 is 10.2 Å². The highest BCUT2D eigenvalue weighted by Gasteiger charge is 2.31. The van der Waals surface area contributed by atoms with Crippen molar-refractivity contribution >= 4 is 21.8 Å². The zero-order valence-corrected chi connectivity index (χ0v) is 18.2. The third-order valence-electron chi connectivity index (χ3n) is 5.12. The van der Waals surface area contributed by atoms with Gasteiger partial charge in [0.2, 0.25) is 15.9 Å². The van der Waals surface area contributed by atoms with Crippen LogP contribution >= 0.6 is 0 Å². The third kappa shape index (κ3) is 6.08. The molecule has 1 atom stereocenters. The lowest BCUT2D eigenvalue weighted by Gasteiger charge is -2.25. The highest BCUT2D eigenvalue weighted by Crippen LogP contribution is 2.31. The molecule has 2 heterocycles. The molecule has 0 aliphatic carbocycles. The number of carbonyl (C=O) groups excluding carboxylic acids is 2. The first-order valence-electron chi connectivity index (χ1n) is 9.88. The molecule has 2 amide bonds. The molecule has 0 bridgehead atoms. The molecule has 1 aliphatic rings. The number of sulfonamides is 1. The fourth-order valence-corrected chi connectivity index (χ4v) is 3.94. The number of nitrogens with zero attached hydrogens (tertiary/aromatic N) is 2. The molecule has 8 nitrogen and oxygen atoms in total. The summed E-state index contributed by atoms with van der Waals surface area (Å²) < 4.78 is 37.7. The molecule has 1 aliphatic heterocycles. The van der Waals surface area contributed by atoms with E-state index in [1.54, 1.807) is 36.1 Å². The molecule has 31 heavy (non-hydrogen) atoms. The second-order valence-corrected chi connectivity index (χ2v) is 9.35. The van der Waals surface area contributed by atoms with Crippen LogP contribution in [-0.4, -0.2) is 49.5 Å². The lowest BCUT2D eigenvalue weighted by Crippen LogP contribution is -2.39. The molecule has 3 rings (SSSR count). The van der Waals surface area contributed by atoms with Crippen LogP contribution in [0, 0.1) is 12.7 Å². The van der Waals surface area contributed by atoms with Crippen LogP contribution in [0.2, 0.25) is 0 Å². The van der Waals surface area contributed by atoms with Gasteiger partial charge in [0.15, 0.2) is 0 Å². The van der Waals surface area contributed by atoms with E-state index in [4.69, 9.17) is 0 Å². The average Bonchev–Trinajstić information content (AvgIpc) is 3.21. The summed E-state index contributed by atoms with van der Waals surface area (Å²) in [6.45, 7) is 2.22. The van der Waals surface area contributed by atoms with Crippen LogP contribution in [0.1, 0.15) is 46.2 Å². The summed E-state index contributed by atoms with van der Waals surface area (Å²) in [4.78, 5) is 31.2. The van der Waals surface area contributed by atoms with Crippen LogP contribution in [0.25, 0.3) is 0 Å². The van der Waals surface area contributed by atoms with E-state index in [0.29, 0.717) is 29.9 Å². The Bertz CT molecular complexity index is 1070. The molecule has 1 fully saturated rings. The molecule has 1 aromatic carbocycles. The number of hydrogen-bond donors (Lipinski definition) is 2. The minimum absolute atomic E-state index is 0.260. The number of rotatable bonds is 7. The number of carbonyl (C=O) groups is 2. The number of likely N-dealkylation sites (tertiary alicyclic amines) is 1. The molecular weight excluding hydrogens is 423 g/mol. The predicted octanol–water partition coefficient (Wildman–Crippen LogP) is 1.67. The Morgan fingerprint density at radius 2 is 1.90 bits per heavy atom. The van der Waals surface area contributed by atoms with Crippen molar-refractivity contribution in [3.8, 4) is 0 Å². The summed E-state index contributed by atoms with van der Waals surface area (Å²) >= 11 is 0. The van der Waals surface area contributed by atoms with E-state index >= 15 is 0 Å². The van der Waals surface area contributed by atoms with Gasteiger partial charge in [-0.1, -0.05) is 12.1 Å². The van der Waals surface area contributed by atoms with Gasteiger partial charge in [-0.2, -0.15) is 0 Å². The highest BCUT2D eigenvalue weighted by atomic mass is 32.2. The van der Waals surface area contributed by atoms with Crippen LogP contribution in [0.3, 0.4) is 0 Å². The maximum Gasteiger partial charge on any atom is 0.253 e. The fourth-order valence-electron chi connectivity index (χ4n) is 3.55. The molecule has 1 saturated heterocycles. The maximum atomic E-state index is 13.0. The maximum absolute atomic E-state index is 13.0. The van der Waals surface area contributed by atoms with E-state index in [2.05, 4.69) is 15.0 Å². The van der Waals surface area contributed by atoms with Gasteiger partial charge in [0, 0.05) is 13.1 Å². The first kappa shape index (κ1) is 22.8. The van der Waals surface area contributed by atoms with Gasteiger partial charge in [-0.25, -0.2) is 17.5 Å². The quantitative estimate of drug-likeness (QED) is 0.670. The minimum Gasteiger partial charge on any atom is -0.348 e. The van der Waals surface area contributed by atoms with Crippen molar-refractivity contribution in [2.24, 2.45) is 0 Å². The van der Waals surface area contributed by atoms with Crippen molar-refractivity contribution in [2.45, 2.75) is 32.4 Å². The largest absolute Gasteiger partial charge is 0.348 e. The van der Waals surface area contributed by atoms with Gasteiger partial charge in [0.1, 0.15) is 5.82 Å². The van der Waals surface area contributed by atoms with E-state index in [9.17, 15) is 22.4 Å². The molecule has 10 heteroatoms. The van der Waals surface area contributed by atoms with E-state index in [0.717, 1.165) is 18.2 Å². The molecule has 0 radical (unpaired) electrons. The number of benzene rings is 1. The van der Waals surface area contributed by atoms with E-state index < -0.39 is 10.0 Å². The van der Waals surface area contributed by atoms with Gasteiger partial charge in [-0.05, 0) is 49.6 Å². The third-order valence-corrected chi connectivity index (χ3v) is 5.79. The van der Waals surface area contributed by atoms with Crippen molar-refractivity contribution in [1.82, 2.24) is 19.9 Å². The Hall–Kier alpha value is -2.85. The van der Waals surface area contributed by atoms with Gasteiger partial charge in [0.05, 0.1) is 35.8 Å². The number of pyridine rings is 1. The van der Waals surface area contributed by atoms with Crippen molar-refractivity contribution in [1.29, 1.82) is 0 Å². The first-order chi connectivity index (χ1) is 14.6. The first-order valence-corrected chi connectivity index (χ1v) is 11.8. The van der Waals surface area contributed by atoms with Crippen molar-refractivity contribution in [3.05, 3.63) is 64.7 Å². The Morgan fingerprint density at radius 1 is 1.19 bits per heavy atom. The Kier molecular flexibility index (Phi) is 7.01. The summed E-state index contributed by atoms with van der Waals surface area (Å²) in [5, 5.41) is 2.79. The standard InChI is InChI=1S/C21H25FN4O4S/c1-14-17(21(28)23-12-15-5-7-16(22)8-6-15)9-10-18(25-14)19-4-3-11-26(19)20(27)13-24-31(2,29)30/h5-10,19,24H,3-4,11-13H2,1-2H3,(H,23,28)/t19-/m0/s1. The second kappa shape index (κ2) is 9.52. The number of hydrogen-bond acceptors (Lipinski definition) is 5.